The number of nitrogens with zero attached hydrogens (tertiary/aromatic N) is 1. The molecule has 88 heavy (non-hydrogen) atoms. The van der Waals surface area contributed by atoms with Gasteiger partial charge in [-0.1, -0.05) is 290 Å². The van der Waals surface area contributed by atoms with E-state index in [1.165, 1.54) is 218 Å². The number of amides is 4. The van der Waals surface area contributed by atoms with E-state index in [0.717, 1.165) is 114 Å². The van der Waals surface area contributed by atoms with Crippen LogP contribution in [-0.4, -0.2) is 35.1 Å². The van der Waals surface area contributed by atoms with Crippen molar-refractivity contribution in [1.29, 1.82) is 0 Å². The standard InChI is InChI=1S/C80H110N2O4S2/c1-5-9-13-17-21-25-27-31-34-38-44-58(43-37-33-29-23-19-15-11-7-3)53-60-54-65-73-64(69-48-42-52-88-69)56-67-72-62(50-49-61(74(72)73)71-63(68-47-41-51-87-68)55-66-76(75(65)71)70(60)78(84)81-77(66)83)79(85)82(80(67)86)57-59(45-39-35-30-24-20-16-12-8-4)46-40-36-32-28-26-22-18-14-10-6-2/h41-42,47-52,54-56,58-59H,5-40,43-46,53,57H2,1-4H3,(H,81,83,84). The van der Waals surface area contributed by atoms with Crippen LogP contribution in [0.3, 0.4) is 0 Å². The van der Waals surface area contributed by atoms with Gasteiger partial charge in [0.15, 0.2) is 0 Å². The van der Waals surface area contributed by atoms with Crippen LogP contribution < -0.4 is 5.32 Å². The minimum absolute atomic E-state index is 0.184. The average Bonchev–Trinajstić information content (AvgIpc) is 0.704. The molecule has 1 N–H and O–H groups in total. The third-order valence-corrected chi connectivity index (χ3v) is 22.2. The van der Waals surface area contributed by atoms with E-state index in [1.54, 1.807) is 27.6 Å². The fourth-order valence-corrected chi connectivity index (χ4v) is 16.9. The van der Waals surface area contributed by atoms with Gasteiger partial charge in [-0.2, -0.15) is 0 Å². The van der Waals surface area contributed by atoms with Crippen LogP contribution in [0.2, 0.25) is 0 Å². The highest BCUT2D eigenvalue weighted by Gasteiger charge is 2.39. The van der Waals surface area contributed by atoms with Crippen molar-refractivity contribution in [2.24, 2.45) is 11.8 Å². The molecule has 0 radical (unpaired) electrons. The molecule has 2 atom stereocenters. The number of carbonyl (C=O) groups excluding carboxylic acids is 4. The number of carbonyl (C=O) groups is 4. The first-order valence-electron chi connectivity index (χ1n) is 36.4. The average molecular weight is 1230 g/mol. The summed E-state index contributed by atoms with van der Waals surface area (Å²) in [6, 6.07) is 19.1. The Balaban J connectivity index is 1.11. The Labute approximate surface area is 538 Å². The summed E-state index contributed by atoms with van der Waals surface area (Å²) < 4.78 is 0. The Morgan fingerprint density at radius 2 is 0.761 bits per heavy atom. The van der Waals surface area contributed by atoms with E-state index in [9.17, 15) is 9.59 Å². The van der Waals surface area contributed by atoms with E-state index in [1.807, 2.05) is 12.1 Å². The molecule has 4 heterocycles. The number of benzene rings is 5. The monoisotopic (exact) mass is 1230 g/mol. The Kier molecular flexibility index (Phi) is 27.3. The molecular weight excluding hydrogens is 1120 g/mol. The molecule has 7 aromatic rings. The zero-order chi connectivity index (χ0) is 61.5. The molecule has 0 saturated carbocycles. The van der Waals surface area contributed by atoms with Crippen LogP contribution in [0.5, 0.6) is 0 Å². The number of hydrogen-bond acceptors (Lipinski definition) is 6. The van der Waals surface area contributed by atoms with Crippen LogP contribution in [-0.2, 0) is 6.42 Å². The zero-order valence-electron chi connectivity index (χ0n) is 55.1. The van der Waals surface area contributed by atoms with Crippen LogP contribution in [0, 0.1) is 11.8 Å². The van der Waals surface area contributed by atoms with Gasteiger partial charge < -0.3 is 0 Å². The maximum absolute atomic E-state index is 15.7. The Hall–Kier alpha value is -4.92. The molecule has 2 aliphatic rings. The number of imide groups is 2. The molecule has 0 aliphatic carbocycles. The fraction of sp³-hybridized carbons (Fsp3) is 0.600. The number of hydrogen-bond donors (Lipinski definition) is 1. The van der Waals surface area contributed by atoms with Crippen LogP contribution in [0.15, 0.2) is 65.4 Å². The topological polar surface area (TPSA) is 83.6 Å². The van der Waals surface area contributed by atoms with Gasteiger partial charge in [0.1, 0.15) is 0 Å². The SMILES string of the molecule is CCCCCCCCCCCCC(CCCCCCCCCC)Cc1cc2c3c(-c4cccs4)cc4c5c(ccc(c6c(-c7cccs7)cc7c(c1C(=O)NC7=O)c26)c53)C(=O)N(CC(CCCCCCCCCC)CCCCCCCCCCCC)C4=O. The molecule has 2 aliphatic heterocycles. The molecular formula is C80H110N2O4S2. The van der Waals surface area contributed by atoms with E-state index in [4.69, 9.17) is 0 Å². The quantitative estimate of drug-likeness (QED) is 0.0178. The Morgan fingerprint density at radius 3 is 1.20 bits per heavy atom. The van der Waals surface area contributed by atoms with Gasteiger partial charge >= 0.3 is 0 Å². The molecule has 8 heteroatoms. The smallest absolute Gasteiger partial charge is 0.261 e. The number of nitrogens with one attached hydrogen (secondary N) is 1. The molecule has 4 amide bonds. The zero-order valence-corrected chi connectivity index (χ0v) is 56.7. The van der Waals surface area contributed by atoms with Gasteiger partial charge in [-0.15, -0.1) is 22.7 Å². The van der Waals surface area contributed by atoms with Crippen LogP contribution in [0.4, 0.5) is 0 Å². The Morgan fingerprint density at radius 1 is 0.364 bits per heavy atom. The van der Waals surface area contributed by atoms with Crippen molar-refractivity contribution < 1.29 is 19.2 Å². The van der Waals surface area contributed by atoms with Gasteiger partial charge in [-0.25, -0.2) is 0 Å². The summed E-state index contributed by atoms with van der Waals surface area (Å²) in [4.78, 5) is 64.4. The highest BCUT2D eigenvalue weighted by Crippen LogP contribution is 2.53. The summed E-state index contributed by atoms with van der Waals surface area (Å²) in [7, 11) is 0. The third kappa shape index (κ3) is 17.2. The molecule has 0 saturated heterocycles. The molecule has 5 aromatic carbocycles. The van der Waals surface area contributed by atoms with Crippen LogP contribution in [0.25, 0.3) is 64.0 Å². The predicted octanol–water partition coefficient (Wildman–Crippen LogP) is 25.1. The summed E-state index contributed by atoms with van der Waals surface area (Å²) in [5, 5.41) is 14.3. The summed E-state index contributed by atoms with van der Waals surface area (Å²) in [5.41, 5.74) is 5.30. The maximum atomic E-state index is 15.7. The van der Waals surface area contributed by atoms with E-state index in [-0.39, 0.29) is 29.5 Å². The fourth-order valence-electron chi connectivity index (χ4n) is 15.4. The largest absolute Gasteiger partial charge is 0.288 e. The van der Waals surface area contributed by atoms with Gasteiger partial charge in [0.05, 0.1) is 5.56 Å². The van der Waals surface area contributed by atoms with Gasteiger partial charge in [-0.05, 0) is 116 Å². The van der Waals surface area contributed by atoms with Crippen molar-refractivity contribution >= 4 is 89.4 Å². The normalized spacial score (nSPS) is 14.1. The van der Waals surface area contributed by atoms with Crippen LogP contribution >= 0.6 is 22.7 Å². The lowest BCUT2D eigenvalue weighted by atomic mass is 9.77. The summed E-state index contributed by atoms with van der Waals surface area (Å²) in [6.07, 6.45) is 51.2. The third-order valence-electron chi connectivity index (χ3n) is 20.3. The molecule has 2 unspecified atom stereocenters. The van der Waals surface area contributed by atoms with Crippen molar-refractivity contribution in [2.75, 3.05) is 6.54 Å². The minimum Gasteiger partial charge on any atom is -0.288 e. The molecule has 2 aromatic heterocycles. The second-order valence-corrected chi connectivity index (χ2v) is 29.1. The van der Waals surface area contributed by atoms with E-state index >= 15 is 9.59 Å². The van der Waals surface area contributed by atoms with Crippen molar-refractivity contribution in [1.82, 2.24) is 10.2 Å². The summed E-state index contributed by atoms with van der Waals surface area (Å²) in [6.45, 7) is 9.58. The van der Waals surface area contributed by atoms with E-state index in [0.29, 0.717) is 34.7 Å². The minimum atomic E-state index is -0.356. The second kappa shape index (κ2) is 35.6. The van der Waals surface area contributed by atoms with Gasteiger partial charge in [0, 0.05) is 54.9 Å². The predicted molar refractivity (Wildman–Crippen MR) is 380 cm³/mol. The summed E-state index contributed by atoms with van der Waals surface area (Å²) in [5.74, 6) is -0.404. The first-order chi connectivity index (χ1) is 43.3. The molecule has 0 spiro atoms. The first kappa shape index (κ1) is 67.5. The van der Waals surface area contributed by atoms with Crippen molar-refractivity contribution in [3.05, 3.63) is 93.2 Å². The van der Waals surface area contributed by atoms with Crippen molar-refractivity contribution in [2.45, 2.75) is 291 Å². The highest BCUT2D eigenvalue weighted by atomic mass is 32.1. The van der Waals surface area contributed by atoms with Crippen LogP contribution in [0.1, 0.15) is 332 Å². The van der Waals surface area contributed by atoms with Gasteiger partial charge in [0.2, 0.25) is 0 Å². The maximum Gasteiger partial charge on any atom is 0.261 e. The van der Waals surface area contributed by atoms with Crippen molar-refractivity contribution in [3.8, 4) is 20.9 Å². The van der Waals surface area contributed by atoms with Gasteiger partial charge in [-0.3, -0.25) is 29.4 Å². The lowest BCUT2D eigenvalue weighted by Gasteiger charge is -2.32. The van der Waals surface area contributed by atoms with Gasteiger partial charge in [0.25, 0.3) is 23.6 Å². The number of unbranched alkanes of at least 4 members (excludes halogenated alkanes) is 32. The molecule has 6 nitrogen and oxygen atoms in total. The van der Waals surface area contributed by atoms with E-state index in [2.05, 4.69) is 86.2 Å². The lowest BCUT2D eigenvalue weighted by molar-refractivity contribution is 0.0576. The lowest BCUT2D eigenvalue weighted by Crippen LogP contribution is -2.43. The highest BCUT2D eigenvalue weighted by molar-refractivity contribution is 7.14. The molecule has 9 rings (SSSR count). The first-order valence-corrected chi connectivity index (χ1v) is 38.2. The van der Waals surface area contributed by atoms with Crippen molar-refractivity contribution in [3.63, 3.8) is 0 Å². The second-order valence-electron chi connectivity index (χ2n) is 27.2. The Bertz CT molecular complexity index is 3300. The molecule has 476 valence electrons. The number of thiophene rings is 2. The number of rotatable bonds is 46. The molecule has 0 fully saturated rings. The number of fused-ring (bicyclic) bond motifs is 2. The van der Waals surface area contributed by atoms with E-state index < -0.39 is 0 Å². The summed E-state index contributed by atoms with van der Waals surface area (Å²) >= 11 is 3.32. The molecule has 0 bridgehead atoms.